The average Bonchev–Trinajstić information content (AvgIpc) is 2.34. The fourth-order valence-corrected chi connectivity index (χ4v) is 2.11. The Bertz CT molecular complexity index is 317. The van der Waals surface area contributed by atoms with Crippen molar-refractivity contribution in [3.05, 3.63) is 0 Å². The summed E-state index contributed by atoms with van der Waals surface area (Å²) in [5, 5.41) is 11.7. The van der Waals surface area contributed by atoms with Gasteiger partial charge in [0.2, 0.25) is 5.91 Å². The Labute approximate surface area is 129 Å². The zero-order chi connectivity index (χ0) is 16.4. The zero-order valence-electron chi connectivity index (χ0n) is 14.2. The summed E-state index contributed by atoms with van der Waals surface area (Å²) in [6, 6.07) is 0.420. The van der Waals surface area contributed by atoms with Crippen LogP contribution in [-0.2, 0) is 9.59 Å². The van der Waals surface area contributed by atoms with E-state index in [-0.39, 0.29) is 24.4 Å². The quantitative estimate of drug-likeness (QED) is 0.615. The van der Waals surface area contributed by atoms with Crippen LogP contribution in [0.2, 0.25) is 0 Å². The van der Waals surface area contributed by atoms with Crippen LogP contribution >= 0.6 is 0 Å². The third kappa shape index (κ3) is 11.3. The number of hydrogen-bond acceptors (Lipinski definition) is 3. The van der Waals surface area contributed by atoms with Gasteiger partial charge < -0.3 is 10.4 Å². The molecule has 0 saturated heterocycles. The van der Waals surface area contributed by atoms with E-state index < -0.39 is 5.97 Å². The number of amides is 1. The minimum absolute atomic E-state index is 0.0234. The number of carboxylic acids is 1. The van der Waals surface area contributed by atoms with Gasteiger partial charge in [-0.25, -0.2) is 0 Å². The van der Waals surface area contributed by atoms with Gasteiger partial charge in [-0.3, -0.25) is 14.5 Å². The Morgan fingerprint density at radius 1 is 1.10 bits per heavy atom. The molecule has 21 heavy (non-hydrogen) atoms. The van der Waals surface area contributed by atoms with Gasteiger partial charge in [-0.2, -0.15) is 0 Å². The minimum Gasteiger partial charge on any atom is -0.481 e. The molecule has 0 fully saturated rings. The summed E-state index contributed by atoms with van der Waals surface area (Å²) >= 11 is 0. The fraction of sp³-hybridized carbons (Fsp3) is 0.875. The molecule has 5 heteroatoms. The van der Waals surface area contributed by atoms with Crippen molar-refractivity contribution < 1.29 is 14.7 Å². The number of carbonyl (C=O) groups is 2. The first-order valence-corrected chi connectivity index (χ1v) is 7.97. The van der Waals surface area contributed by atoms with E-state index in [1.807, 2.05) is 25.7 Å². The maximum atomic E-state index is 12.0. The van der Waals surface area contributed by atoms with Crippen molar-refractivity contribution >= 4 is 11.9 Å². The highest BCUT2D eigenvalue weighted by molar-refractivity contribution is 5.78. The van der Waals surface area contributed by atoms with Crippen molar-refractivity contribution in [2.24, 2.45) is 5.92 Å². The van der Waals surface area contributed by atoms with E-state index in [4.69, 9.17) is 5.11 Å². The Morgan fingerprint density at radius 3 is 2.19 bits per heavy atom. The Hall–Kier alpha value is -1.10. The van der Waals surface area contributed by atoms with E-state index in [2.05, 4.69) is 19.2 Å². The molecular weight excluding hydrogens is 268 g/mol. The van der Waals surface area contributed by atoms with Crippen molar-refractivity contribution in [2.75, 3.05) is 13.1 Å². The van der Waals surface area contributed by atoms with Crippen molar-refractivity contribution in [1.82, 2.24) is 10.2 Å². The Balaban J connectivity index is 4.13. The summed E-state index contributed by atoms with van der Waals surface area (Å²) in [5.41, 5.74) is 0. The van der Waals surface area contributed by atoms with Gasteiger partial charge in [-0.15, -0.1) is 0 Å². The lowest BCUT2D eigenvalue weighted by molar-refractivity contribution is -0.137. The second kappa shape index (κ2) is 10.6. The van der Waals surface area contributed by atoms with E-state index in [9.17, 15) is 9.59 Å². The van der Waals surface area contributed by atoms with Crippen LogP contribution in [0.15, 0.2) is 0 Å². The number of carboxylic acid groups (broad SMARTS) is 1. The van der Waals surface area contributed by atoms with Gasteiger partial charge in [0.05, 0.1) is 6.54 Å². The Kier molecular flexibility index (Phi) is 10.0. The van der Waals surface area contributed by atoms with Crippen molar-refractivity contribution in [2.45, 2.75) is 72.4 Å². The smallest absolute Gasteiger partial charge is 0.303 e. The first-order valence-electron chi connectivity index (χ1n) is 7.97. The lowest BCUT2D eigenvalue weighted by atomic mass is 10.0. The molecule has 1 amide bonds. The number of carbonyl (C=O) groups excluding carboxylic acids is 1. The van der Waals surface area contributed by atoms with Crippen molar-refractivity contribution in [3.8, 4) is 0 Å². The lowest BCUT2D eigenvalue weighted by Gasteiger charge is -2.26. The summed E-state index contributed by atoms with van der Waals surface area (Å²) < 4.78 is 0. The molecule has 0 aliphatic heterocycles. The first kappa shape index (κ1) is 19.9. The van der Waals surface area contributed by atoms with Crippen LogP contribution in [0.1, 0.15) is 60.3 Å². The van der Waals surface area contributed by atoms with Gasteiger partial charge >= 0.3 is 5.97 Å². The van der Waals surface area contributed by atoms with E-state index in [1.165, 1.54) is 0 Å². The van der Waals surface area contributed by atoms with E-state index >= 15 is 0 Å². The van der Waals surface area contributed by atoms with Crippen LogP contribution in [0.25, 0.3) is 0 Å². The molecule has 0 bridgehead atoms. The number of nitrogens with one attached hydrogen (secondary N) is 1. The van der Waals surface area contributed by atoms with Crippen molar-refractivity contribution in [3.63, 3.8) is 0 Å². The lowest BCUT2D eigenvalue weighted by Crippen LogP contribution is -2.44. The molecule has 0 rings (SSSR count). The van der Waals surface area contributed by atoms with Crippen LogP contribution in [-0.4, -0.2) is 47.1 Å². The molecule has 0 aliphatic rings. The normalized spacial score (nSPS) is 13.0. The summed E-state index contributed by atoms with van der Waals surface area (Å²) in [7, 11) is 0. The summed E-state index contributed by atoms with van der Waals surface area (Å²) in [6.07, 6.45) is 2.82. The predicted octanol–water partition coefficient (Wildman–Crippen LogP) is 2.50. The predicted molar refractivity (Wildman–Crippen MR) is 85.3 cm³/mol. The highest BCUT2D eigenvalue weighted by Crippen LogP contribution is 2.07. The molecule has 0 saturated carbocycles. The maximum Gasteiger partial charge on any atom is 0.303 e. The second-order valence-corrected chi connectivity index (χ2v) is 6.50. The highest BCUT2D eigenvalue weighted by Gasteiger charge is 2.15. The topological polar surface area (TPSA) is 69.6 Å². The first-order chi connectivity index (χ1) is 9.72. The third-order valence-electron chi connectivity index (χ3n) is 3.50. The van der Waals surface area contributed by atoms with Gasteiger partial charge in [0.1, 0.15) is 0 Å². The van der Waals surface area contributed by atoms with E-state index in [1.54, 1.807) is 0 Å². The molecule has 0 aliphatic carbocycles. The number of rotatable bonds is 11. The zero-order valence-corrected chi connectivity index (χ0v) is 14.2. The molecule has 5 nitrogen and oxygen atoms in total. The second-order valence-electron chi connectivity index (χ2n) is 6.50. The maximum absolute atomic E-state index is 12.0. The van der Waals surface area contributed by atoms with Crippen LogP contribution in [0.5, 0.6) is 0 Å². The van der Waals surface area contributed by atoms with Crippen molar-refractivity contribution in [1.29, 1.82) is 0 Å². The molecule has 124 valence electrons. The van der Waals surface area contributed by atoms with Crippen LogP contribution in [0, 0.1) is 5.92 Å². The molecule has 0 aromatic heterocycles. The largest absolute Gasteiger partial charge is 0.481 e. The van der Waals surface area contributed by atoms with Gasteiger partial charge in [-0.05, 0) is 52.5 Å². The molecular formula is C16H32N2O3. The standard InChI is InChI=1S/C16H32N2O3/c1-12(2)8-9-14(5)17-15(19)11-18(13(3)4)10-6-7-16(20)21/h12-14H,6-11H2,1-5H3,(H,17,19)(H,20,21). The molecule has 2 N–H and O–H groups in total. The Morgan fingerprint density at radius 2 is 1.71 bits per heavy atom. The molecule has 1 atom stereocenters. The monoisotopic (exact) mass is 300 g/mol. The third-order valence-corrected chi connectivity index (χ3v) is 3.50. The molecule has 0 aromatic carbocycles. The fourth-order valence-electron chi connectivity index (χ4n) is 2.11. The molecule has 0 radical (unpaired) electrons. The molecule has 1 unspecified atom stereocenters. The highest BCUT2D eigenvalue weighted by atomic mass is 16.4. The van der Waals surface area contributed by atoms with Gasteiger partial charge in [-0.1, -0.05) is 13.8 Å². The van der Waals surface area contributed by atoms with Crippen LogP contribution < -0.4 is 5.32 Å². The molecule has 0 spiro atoms. The van der Waals surface area contributed by atoms with Gasteiger partial charge in [0.15, 0.2) is 0 Å². The summed E-state index contributed by atoms with van der Waals surface area (Å²) in [5.74, 6) is -0.117. The minimum atomic E-state index is -0.787. The number of nitrogens with zero attached hydrogens (tertiary/aromatic N) is 1. The van der Waals surface area contributed by atoms with Gasteiger partial charge in [0, 0.05) is 18.5 Å². The van der Waals surface area contributed by atoms with E-state index in [0.29, 0.717) is 25.4 Å². The average molecular weight is 300 g/mol. The number of hydrogen-bond donors (Lipinski definition) is 2. The van der Waals surface area contributed by atoms with Gasteiger partial charge in [0.25, 0.3) is 0 Å². The van der Waals surface area contributed by atoms with Crippen LogP contribution in [0.3, 0.4) is 0 Å². The molecule has 0 heterocycles. The summed E-state index contributed by atoms with van der Waals surface area (Å²) in [6.45, 7) is 11.4. The number of aliphatic carboxylic acids is 1. The van der Waals surface area contributed by atoms with Crippen LogP contribution in [0.4, 0.5) is 0 Å². The van der Waals surface area contributed by atoms with E-state index in [0.717, 1.165) is 12.8 Å². The SMILES string of the molecule is CC(C)CCC(C)NC(=O)CN(CCCC(=O)O)C(C)C. The summed E-state index contributed by atoms with van der Waals surface area (Å²) in [4.78, 5) is 24.6. The molecule has 0 aromatic rings.